The molecule has 0 amide bonds. The van der Waals surface area contributed by atoms with Crippen LogP contribution in [0.25, 0.3) is 0 Å². The largest absolute Gasteiger partial charge is 0.497 e. The van der Waals surface area contributed by atoms with Gasteiger partial charge in [0, 0.05) is 12.6 Å². The van der Waals surface area contributed by atoms with E-state index in [0.29, 0.717) is 17.1 Å². The average Bonchev–Trinajstić information content (AvgIpc) is 2.86. The van der Waals surface area contributed by atoms with Gasteiger partial charge in [-0.15, -0.1) is 5.10 Å². The number of rotatable bonds is 4. The molecule has 0 saturated carbocycles. The summed E-state index contributed by atoms with van der Waals surface area (Å²) in [5, 5.41) is 5.11. The topological polar surface area (TPSA) is 70.3 Å². The second-order valence-corrected chi connectivity index (χ2v) is 4.63. The highest BCUT2D eigenvalue weighted by molar-refractivity contribution is 7.13. The van der Waals surface area contributed by atoms with Crippen molar-refractivity contribution in [1.29, 1.82) is 0 Å². The Bertz CT molecular complexity index is 579. The lowest BCUT2D eigenvalue weighted by Gasteiger charge is -2.07. The van der Waals surface area contributed by atoms with E-state index in [-0.39, 0.29) is 17.5 Å². The lowest BCUT2D eigenvalue weighted by Crippen LogP contribution is -2.03. The fourth-order valence-electron chi connectivity index (χ4n) is 1.39. The van der Waals surface area contributed by atoms with E-state index in [2.05, 4.69) is 10.2 Å². The minimum absolute atomic E-state index is 0.200. The number of benzene rings is 1. The second-order valence-electron chi connectivity index (χ2n) is 3.69. The van der Waals surface area contributed by atoms with Crippen molar-refractivity contribution < 1.29 is 22.6 Å². The number of alkyl halides is 3. The van der Waals surface area contributed by atoms with Gasteiger partial charge in [0.25, 0.3) is 5.19 Å². The van der Waals surface area contributed by atoms with Crippen molar-refractivity contribution in [2.24, 2.45) is 5.73 Å². The molecule has 2 aromatic rings. The number of ether oxygens (including phenoxy) is 2. The van der Waals surface area contributed by atoms with Gasteiger partial charge in [-0.3, -0.25) is 0 Å². The summed E-state index contributed by atoms with van der Waals surface area (Å²) >= 11 is 0.320. The van der Waals surface area contributed by atoms with E-state index >= 15 is 0 Å². The number of halogens is 3. The first-order valence-electron chi connectivity index (χ1n) is 5.39. The van der Waals surface area contributed by atoms with Gasteiger partial charge in [-0.05, 0) is 17.7 Å². The van der Waals surface area contributed by atoms with Crippen LogP contribution in [0.5, 0.6) is 16.7 Å². The van der Waals surface area contributed by atoms with Gasteiger partial charge in [-0.1, -0.05) is 16.4 Å². The van der Waals surface area contributed by atoms with Crippen LogP contribution in [0.3, 0.4) is 0 Å². The Morgan fingerprint density at radius 3 is 2.45 bits per heavy atom. The molecule has 0 spiro atoms. The maximum Gasteiger partial charge on any atom is 0.445 e. The summed E-state index contributed by atoms with van der Waals surface area (Å²) in [5.74, 6) is 0.776. The number of nitrogens with zero attached hydrogens (tertiary/aromatic N) is 2. The molecule has 1 aromatic carbocycles. The fourth-order valence-corrected chi connectivity index (χ4v) is 1.97. The van der Waals surface area contributed by atoms with E-state index < -0.39 is 11.2 Å². The van der Waals surface area contributed by atoms with Crippen molar-refractivity contribution in [2.45, 2.75) is 12.7 Å². The summed E-state index contributed by atoms with van der Waals surface area (Å²) in [6.07, 6.45) is -4.53. The highest BCUT2D eigenvalue weighted by atomic mass is 32.1. The lowest BCUT2D eigenvalue weighted by atomic mass is 10.2. The van der Waals surface area contributed by atoms with Crippen molar-refractivity contribution in [3.8, 4) is 16.7 Å². The molecule has 0 bridgehead atoms. The molecular formula is C11H10F3N3O2S. The fraction of sp³-hybridized carbons (Fsp3) is 0.273. The predicted molar refractivity (Wildman–Crippen MR) is 65.9 cm³/mol. The van der Waals surface area contributed by atoms with Gasteiger partial charge in [0.1, 0.15) is 11.5 Å². The Labute approximate surface area is 116 Å². The van der Waals surface area contributed by atoms with Crippen molar-refractivity contribution in [3.63, 3.8) is 0 Å². The van der Waals surface area contributed by atoms with Crippen LogP contribution in [0.1, 0.15) is 10.6 Å². The number of hydrogen-bond donors (Lipinski definition) is 1. The van der Waals surface area contributed by atoms with Crippen LogP contribution >= 0.6 is 11.3 Å². The zero-order valence-corrected chi connectivity index (χ0v) is 11.1. The van der Waals surface area contributed by atoms with Gasteiger partial charge in [0.2, 0.25) is 5.01 Å². The van der Waals surface area contributed by atoms with E-state index in [1.54, 1.807) is 12.1 Å². The summed E-state index contributed by atoms with van der Waals surface area (Å²) in [6, 6.07) is 4.82. The van der Waals surface area contributed by atoms with Crippen molar-refractivity contribution in [3.05, 3.63) is 28.8 Å². The maximum absolute atomic E-state index is 12.4. The molecule has 0 unspecified atom stereocenters. The molecule has 20 heavy (non-hydrogen) atoms. The monoisotopic (exact) mass is 305 g/mol. The van der Waals surface area contributed by atoms with Crippen molar-refractivity contribution in [2.75, 3.05) is 7.11 Å². The molecule has 5 nitrogen and oxygen atoms in total. The highest BCUT2D eigenvalue weighted by Crippen LogP contribution is 2.36. The molecule has 1 heterocycles. The summed E-state index contributed by atoms with van der Waals surface area (Å²) in [5.41, 5.74) is 6.23. The number of methoxy groups -OCH3 is 1. The number of hydrogen-bond acceptors (Lipinski definition) is 6. The van der Waals surface area contributed by atoms with Crippen LogP contribution in [0.4, 0.5) is 13.2 Å². The van der Waals surface area contributed by atoms with Gasteiger partial charge in [0.15, 0.2) is 0 Å². The minimum atomic E-state index is -4.53. The smallest absolute Gasteiger partial charge is 0.445 e. The van der Waals surface area contributed by atoms with Gasteiger partial charge >= 0.3 is 6.18 Å². The molecule has 1 aromatic heterocycles. The first-order chi connectivity index (χ1) is 9.42. The molecule has 0 aliphatic heterocycles. The quantitative estimate of drug-likeness (QED) is 0.940. The van der Waals surface area contributed by atoms with E-state index in [4.69, 9.17) is 15.2 Å². The normalized spacial score (nSPS) is 11.4. The van der Waals surface area contributed by atoms with E-state index in [0.717, 1.165) is 5.56 Å². The van der Waals surface area contributed by atoms with Crippen molar-refractivity contribution in [1.82, 2.24) is 10.2 Å². The van der Waals surface area contributed by atoms with Crippen molar-refractivity contribution >= 4 is 11.3 Å². The first-order valence-corrected chi connectivity index (χ1v) is 6.20. The molecule has 0 fully saturated rings. The van der Waals surface area contributed by atoms with Crippen LogP contribution in [-0.2, 0) is 12.7 Å². The van der Waals surface area contributed by atoms with E-state index in [1.807, 2.05) is 0 Å². The van der Waals surface area contributed by atoms with E-state index in [9.17, 15) is 13.2 Å². The van der Waals surface area contributed by atoms with Crippen LogP contribution < -0.4 is 15.2 Å². The van der Waals surface area contributed by atoms with Gasteiger partial charge in [-0.2, -0.15) is 13.2 Å². The van der Waals surface area contributed by atoms with Crippen LogP contribution in [-0.4, -0.2) is 17.3 Å². The van der Waals surface area contributed by atoms with Crippen LogP contribution in [0, 0.1) is 0 Å². The number of aromatic nitrogens is 2. The molecule has 0 atom stereocenters. The molecule has 2 N–H and O–H groups in total. The molecule has 0 saturated heterocycles. The molecule has 0 aliphatic carbocycles. The SMILES string of the molecule is COc1cc(CN)cc(Oc2nnc(C(F)(F)F)s2)c1. The first kappa shape index (κ1) is 14.5. The van der Waals surface area contributed by atoms with Gasteiger partial charge < -0.3 is 15.2 Å². The predicted octanol–water partition coefficient (Wildman–Crippen LogP) is 2.82. The Kier molecular flexibility index (Phi) is 4.09. The molecular weight excluding hydrogens is 295 g/mol. The lowest BCUT2D eigenvalue weighted by molar-refractivity contribution is -0.138. The minimum Gasteiger partial charge on any atom is -0.497 e. The third kappa shape index (κ3) is 3.36. The Balaban J connectivity index is 2.23. The number of nitrogens with two attached hydrogens (primary N) is 1. The third-order valence-electron chi connectivity index (χ3n) is 2.27. The molecule has 0 aliphatic rings. The molecule has 0 radical (unpaired) electrons. The van der Waals surface area contributed by atoms with Gasteiger partial charge in [0.05, 0.1) is 7.11 Å². The summed E-state index contributed by atoms with van der Waals surface area (Å²) in [6.45, 7) is 0.248. The third-order valence-corrected chi connectivity index (χ3v) is 3.11. The molecule has 2 rings (SSSR count). The molecule has 108 valence electrons. The standard InChI is InChI=1S/C11H10F3N3O2S/c1-18-7-2-6(5-15)3-8(4-7)19-10-17-16-9(20-10)11(12,13)14/h2-4H,5,15H2,1H3. The zero-order valence-electron chi connectivity index (χ0n) is 10.3. The van der Waals surface area contributed by atoms with Crippen LogP contribution in [0.2, 0.25) is 0 Å². The highest BCUT2D eigenvalue weighted by Gasteiger charge is 2.36. The maximum atomic E-state index is 12.4. The Hall–Kier alpha value is -1.87. The zero-order chi connectivity index (χ0) is 14.8. The average molecular weight is 305 g/mol. The van der Waals surface area contributed by atoms with Gasteiger partial charge in [-0.25, -0.2) is 0 Å². The second kappa shape index (κ2) is 5.63. The summed E-state index contributed by atoms with van der Waals surface area (Å²) in [4.78, 5) is 0. The molecule has 9 heteroatoms. The Morgan fingerprint density at radius 1 is 1.20 bits per heavy atom. The van der Waals surface area contributed by atoms with E-state index in [1.165, 1.54) is 13.2 Å². The summed E-state index contributed by atoms with van der Waals surface area (Å²) < 4.78 is 47.5. The Morgan fingerprint density at radius 2 is 1.90 bits per heavy atom. The van der Waals surface area contributed by atoms with Crippen LogP contribution in [0.15, 0.2) is 18.2 Å². The summed E-state index contributed by atoms with van der Waals surface area (Å²) in [7, 11) is 1.46.